The van der Waals surface area contributed by atoms with E-state index in [1.165, 1.54) is 11.1 Å². The van der Waals surface area contributed by atoms with Gasteiger partial charge in [-0.2, -0.15) is 0 Å². The SMILES string of the molecule is CCCCCNC(=O)CN(Cc1ccc(-c2nnc(C)nn2)cc1)C(=O)CCC=N. The second kappa shape index (κ2) is 12.4. The highest BCUT2D eigenvalue weighted by Gasteiger charge is 2.17. The molecule has 0 atom stereocenters. The fourth-order valence-electron chi connectivity index (χ4n) is 2.79. The molecule has 0 fully saturated rings. The molecule has 1 aromatic heterocycles. The predicted octanol–water partition coefficient (Wildman–Crippen LogP) is 2.31. The summed E-state index contributed by atoms with van der Waals surface area (Å²) < 4.78 is 0. The number of benzene rings is 1. The van der Waals surface area contributed by atoms with Crippen molar-refractivity contribution in [3.8, 4) is 11.4 Å². The van der Waals surface area contributed by atoms with E-state index in [1.54, 1.807) is 6.92 Å². The highest BCUT2D eigenvalue weighted by Crippen LogP contribution is 2.15. The lowest BCUT2D eigenvalue weighted by Gasteiger charge is -2.22. The van der Waals surface area contributed by atoms with Crippen molar-refractivity contribution in [1.29, 1.82) is 5.41 Å². The van der Waals surface area contributed by atoms with E-state index < -0.39 is 0 Å². The van der Waals surface area contributed by atoms with Crippen molar-refractivity contribution in [2.75, 3.05) is 13.1 Å². The Bertz CT molecular complexity index is 822. The van der Waals surface area contributed by atoms with Crippen LogP contribution in [-0.2, 0) is 16.1 Å². The second-order valence-corrected chi connectivity index (χ2v) is 7.02. The molecule has 2 rings (SSSR count). The molecule has 9 heteroatoms. The molecule has 9 nitrogen and oxygen atoms in total. The molecule has 160 valence electrons. The molecule has 1 heterocycles. The minimum Gasteiger partial charge on any atom is -0.355 e. The Morgan fingerprint density at radius 3 is 2.43 bits per heavy atom. The highest BCUT2D eigenvalue weighted by atomic mass is 16.2. The van der Waals surface area contributed by atoms with Crippen molar-refractivity contribution >= 4 is 18.0 Å². The van der Waals surface area contributed by atoms with Crippen LogP contribution in [0.3, 0.4) is 0 Å². The van der Waals surface area contributed by atoms with Gasteiger partial charge in [0.2, 0.25) is 17.6 Å². The Morgan fingerprint density at radius 1 is 1.10 bits per heavy atom. The van der Waals surface area contributed by atoms with Gasteiger partial charge in [-0.1, -0.05) is 44.0 Å². The summed E-state index contributed by atoms with van der Waals surface area (Å²) in [5.41, 5.74) is 1.66. The van der Waals surface area contributed by atoms with Crippen LogP contribution in [0, 0.1) is 12.3 Å². The van der Waals surface area contributed by atoms with Crippen LogP contribution < -0.4 is 5.32 Å². The quantitative estimate of drug-likeness (QED) is 0.408. The molecule has 0 bridgehead atoms. The molecular weight excluding hydrogens is 382 g/mol. The molecule has 0 unspecified atom stereocenters. The molecule has 0 aliphatic carbocycles. The molecule has 2 N–H and O–H groups in total. The minimum absolute atomic E-state index is 0.000374. The van der Waals surface area contributed by atoms with Crippen molar-refractivity contribution in [1.82, 2.24) is 30.6 Å². The van der Waals surface area contributed by atoms with Gasteiger partial charge in [0.15, 0.2) is 5.82 Å². The van der Waals surface area contributed by atoms with Gasteiger partial charge in [0.1, 0.15) is 0 Å². The van der Waals surface area contributed by atoms with E-state index in [0.29, 0.717) is 31.2 Å². The maximum Gasteiger partial charge on any atom is 0.239 e. The van der Waals surface area contributed by atoms with Crippen molar-refractivity contribution in [3.05, 3.63) is 35.7 Å². The number of carbonyl (C=O) groups is 2. The van der Waals surface area contributed by atoms with Gasteiger partial charge < -0.3 is 15.6 Å². The second-order valence-electron chi connectivity index (χ2n) is 7.02. The van der Waals surface area contributed by atoms with Gasteiger partial charge in [0, 0.05) is 25.1 Å². The van der Waals surface area contributed by atoms with E-state index in [1.807, 2.05) is 24.3 Å². The number of aryl methyl sites for hydroxylation is 1. The lowest BCUT2D eigenvalue weighted by Crippen LogP contribution is -2.40. The molecule has 0 saturated heterocycles. The first-order valence-electron chi connectivity index (χ1n) is 10.2. The molecule has 0 saturated carbocycles. The number of carbonyl (C=O) groups excluding carboxylic acids is 2. The number of unbranched alkanes of at least 4 members (excludes halogenated alkanes) is 2. The summed E-state index contributed by atoms with van der Waals surface area (Å²) in [6, 6.07) is 7.42. The van der Waals surface area contributed by atoms with Crippen molar-refractivity contribution in [2.24, 2.45) is 0 Å². The van der Waals surface area contributed by atoms with Crippen LogP contribution in [0.15, 0.2) is 24.3 Å². The Hall–Kier alpha value is -3.23. The third-order valence-electron chi connectivity index (χ3n) is 4.46. The molecule has 1 aromatic carbocycles. The Morgan fingerprint density at radius 2 is 1.80 bits per heavy atom. The van der Waals surface area contributed by atoms with Gasteiger partial charge in [0.05, 0.1) is 6.54 Å². The average molecular weight is 412 g/mol. The van der Waals surface area contributed by atoms with Crippen molar-refractivity contribution in [3.63, 3.8) is 0 Å². The van der Waals surface area contributed by atoms with Gasteiger partial charge in [-0.25, -0.2) is 0 Å². The van der Waals surface area contributed by atoms with E-state index >= 15 is 0 Å². The zero-order valence-corrected chi connectivity index (χ0v) is 17.6. The van der Waals surface area contributed by atoms with Crippen LogP contribution in [0.4, 0.5) is 0 Å². The zero-order chi connectivity index (χ0) is 21.8. The molecule has 0 aliphatic rings. The first kappa shape index (κ1) is 23.1. The maximum absolute atomic E-state index is 12.5. The lowest BCUT2D eigenvalue weighted by atomic mass is 10.1. The smallest absolute Gasteiger partial charge is 0.239 e. The van der Waals surface area contributed by atoms with Crippen LogP contribution in [-0.4, -0.2) is 56.4 Å². The molecule has 2 aromatic rings. The lowest BCUT2D eigenvalue weighted by molar-refractivity contribution is -0.136. The molecule has 30 heavy (non-hydrogen) atoms. The number of rotatable bonds is 12. The van der Waals surface area contributed by atoms with E-state index in [9.17, 15) is 9.59 Å². The van der Waals surface area contributed by atoms with E-state index in [-0.39, 0.29) is 24.8 Å². The Labute approximate surface area is 176 Å². The number of hydrogen-bond donors (Lipinski definition) is 2. The summed E-state index contributed by atoms with van der Waals surface area (Å²) in [6.45, 7) is 4.75. The van der Waals surface area contributed by atoms with Crippen LogP contribution in [0.5, 0.6) is 0 Å². The Kier molecular flexibility index (Phi) is 9.50. The van der Waals surface area contributed by atoms with Crippen molar-refractivity contribution < 1.29 is 9.59 Å². The minimum atomic E-state index is -0.170. The predicted molar refractivity (Wildman–Crippen MR) is 114 cm³/mol. The van der Waals surface area contributed by atoms with Gasteiger partial charge in [-0.05, 0) is 31.5 Å². The normalized spacial score (nSPS) is 10.5. The first-order valence-corrected chi connectivity index (χ1v) is 10.2. The summed E-state index contributed by atoms with van der Waals surface area (Å²) in [5, 5.41) is 25.9. The largest absolute Gasteiger partial charge is 0.355 e. The molecule has 0 spiro atoms. The van der Waals surface area contributed by atoms with Crippen molar-refractivity contribution in [2.45, 2.75) is 52.5 Å². The molecule has 2 amide bonds. The zero-order valence-electron chi connectivity index (χ0n) is 17.6. The topological polar surface area (TPSA) is 125 Å². The highest BCUT2D eigenvalue weighted by molar-refractivity contribution is 5.85. The van der Waals surface area contributed by atoms with Crippen LogP contribution in [0.25, 0.3) is 11.4 Å². The van der Waals surface area contributed by atoms with E-state index in [0.717, 1.165) is 30.4 Å². The summed E-state index contributed by atoms with van der Waals surface area (Å²) in [4.78, 5) is 26.3. The van der Waals surface area contributed by atoms with E-state index in [4.69, 9.17) is 5.41 Å². The van der Waals surface area contributed by atoms with Gasteiger partial charge in [0.25, 0.3) is 0 Å². The number of hydrogen-bond acceptors (Lipinski definition) is 7. The summed E-state index contributed by atoms with van der Waals surface area (Å²) in [5.74, 6) is 0.609. The number of nitrogens with zero attached hydrogens (tertiary/aromatic N) is 5. The Balaban J connectivity index is 2.02. The number of amides is 2. The van der Waals surface area contributed by atoms with Crippen LogP contribution in [0.2, 0.25) is 0 Å². The average Bonchev–Trinajstić information content (AvgIpc) is 2.75. The number of aromatic nitrogens is 4. The summed E-state index contributed by atoms with van der Waals surface area (Å²) in [6.07, 6.45) is 4.84. The van der Waals surface area contributed by atoms with E-state index in [2.05, 4.69) is 32.6 Å². The first-order chi connectivity index (χ1) is 14.5. The van der Waals surface area contributed by atoms with Gasteiger partial charge in [-0.3, -0.25) is 9.59 Å². The summed E-state index contributed by atoms with van der Waals surface area (Å²) in [7, 11) is 0. The fourth-order valence-corrected chi connectivity index (χ4v) is 2.79. The monoisotopic (exact) mass is 411 g/mol. The molecule has 0 radical (unpaired) electrons. The maximum atomic E-state index is 12.5. The molecule has 0 aliphatic heterocycles. The van der Waals surface area contributed by atoms with Crippen LogP contribution in [0.1, 0.15) is 50.4 Å². The fraction of sp³-hybridized carbons (Fsp3) is 0.476. The third kappa shape index (κ3) is 7.65. The molecular formula is C21H29N7O2. The number of nitrogens with one attached hydrogen (secondary N) is 2. The van der Waals surface area contributed by atoms with Gasteiger partial charge in [-0.15, -0.1) is 20.4 Å². The summed E-state index contributed by atoms with van der Waals surface area (Å²) >= 11 is 0. The van der Waals surface area contributed by atoms with Gasteiger partial charge >= 0.3 is 0 Å². The standard InChI is InChI=1S/C21H29N7O2/c1-3-4-5-13-23-19(29)15-28(20(30)7-6-12-22)14-17-8-10-18(11-9-17)21-26-24-16(2)25-27-21/h8-12,22H,3-7,13-15H2,1-2H3,(H,23,29). The third-order valence-corrected chi connectivity index (χ3v) is 4.46. The van der Waals surface area contributed by atoms with Crippen LogP contribution >= 0.6 is 0 Å².